The zero-order chi connectivity index (χ0) is 21.8. The Kier molecular flexibility index (Phi) is 6.34. The van der Waals surface area contributed by atoms with E-state index in [9.17, 15) is 4.79 Å². The van der Waals surface area contributed by atoms with Crippen molar-refractivity contribution in [2.24, 2.45) is 0 Å². The van der Waals surface area contributed by atoms with Gasteiger partial charge in [0.25, 0.3) is 0 Å². The fourth-order valence-corrected chi connectivity index (χ4v) is 4.11. The van der Waals surface area contributed by atoms with Crippen LogP contribution in [0, 0.1) is 0 Å². The number of rotatable bonds is 6. The van der Waals surface area contributed by atoms with Crippen molar-refractivity contribution in [1.82, 2.24) is 30.2 Å². The quantitative estimate of drug-likeness (QED) is 0.559. The summed E-state index contributed by atoms with van der Waals surface area (Å²) in [5.41, 5.74) is 2.82. The van der Waals surface area contributed by atoms with Crippen LogP contribution >= 0.6 is 0 Å². The van der Waals surface area contributed by atoms with Crippen molar-refractivity contribution in [1.29, 1.82) is 0 Å². The number of aromatic nitrogens is 4. The molecule has 8 nitrogen and oxygen atoms in total. The number of urea groups is 1. The van der Waals surface area contributed by atoms with Crippen LogP contribution in [0.1, 0.15) is 45.6 Å². The average Bonchev–Trinajstić information content (AvgIpc) is 3.21. The Labute approximate surface area is 182 Å². The third-order valence-corrected chi connectivity index (χ3v) is 5.74. The number of hydrogen-bond acceptors (Lipinski definition) is 5. The van der Waals surface area contributed by atoms with Gasteiger partial charge in [-0.1, -0.05) is 6.92 Å². The lowest BCUT2D eigenvalue weighted by molar-refractivity contribution is 0.153. The molecule has 0 bridgehead atoms. The van der Waals surface area contributed by atoms with E-state index >= 15 is 0 Å². The maximum atomic E-state index is 12.6. The first kappa shape index (κ1) is 21.1. The maximum absolute atomic E-state index is 12.6. The number of nitrogens with zero attached hydrogens (tertiary/aromatic N) is 4. The number of H-pyrrole nitrogens is 1. The summed E-state index contributed by atoms with van der Waals surface area (Å²) in [5, 5.41) is 7.56. The van der Waals surface area contributed by atoms with E-state index in [-0.39, 0.29) is 18.1 Å². The van der Waals surface area contributed by atoms with E-state index in [1.54, 1.807) is 6.20 Å². The SMILES string of the molecule is CCc1cnc(-c2c[nH]c3ncccc23)nc1NC[C@H]1CCCCN1C(=O)NC(C)C. The van der Waals surface area contributed by atoms with Crippen LogP contribution in [0.4, 0.5) is 10.6 Å². The third-order valence-electron chi connectivity index (χ3n) is 5.74. The number of anilines is 1. The highest BCUT2D eigenvalue weighted by Gasteiger charge is 2.27. The van der Waals surface area contributed by atoms with Gasteiger partial charge in [0, 0.05) is 54.2 Å². The second-order valence-corrected chi connectivity index (χ2v) is 8.35. The van der Waals surface area contributed by atoms with Gasteiger partial charge in [0.1, 0.15) is 11.5 Å². The Bertz CT molecular complexity index is 1050. The van der Waals surface area contributed by atoms with E-state index in [4.69, 9.17) is 4.98 Å². The topological polar surface area (TPSA) is 98.8 Å². The Morgan fingerprint density at radius 1 is 1.32 bits per heavy atom. The monoisotopic (exact) mass is 421 g/mol. The van der Waals surface area contributed by atoms with Crippen molar-refractivity contribution < 1.29 is 4.79 Å². The number of likely N-dealkylation sites (tertiary alicyclic amines) is 1. The minimum absolute atomic E-state index is 0.0203. The van der Waals surface area contributed by atoms with E-state index in [1.807, 2.05) is 43.3 Å². The molecule has 4 rings (SSSR count). The van der Waals surface area contributed by atoms with Crippen molar-refractivity contribution in [3.8, 4) is 11.4 Å². The van der Waals surface area contributed by atoms with Gasteiger partial charge in [0.2, 0.25) is 0 Å². The van der Waals surface area contributed by atoms with Crippen molar-refractivity contribution in [2.75, 3.05) is 18.4 Å². The molecule has 1 aliphatic rings. The lowest BCUT2D eigenvalue weighted by atomic mass is 10.0. The summed E-state index contributed by atoms with van der Waals surface area (Å²) in [4.78, 5) is 31.6. The average molecular weight is 422 g/mol. The van der Waals surface area contributed by atoms with Crippen LogP contribution in [0.15, 0.2) is 30.7 Å². The number of aromatic amines is 1. The predicted molar refractivity (Wildman–Crippen MR) is 123 cm³/mol. The molecule has 3 N–H and O–H groups in total. The molecule has 1 atom stereocenters. The van der Waals surface area contributed by atoms with Crippen LogP contribution in [0.5, 0.6) is 0 Å². The summed E-state index contributed by atoms with van der Waals surface area (Å²) in [6.07, 6.45) is 9.57. The third kappa shape index (κ3) is 4.62. The zero-order valence-electron chi connectivity index (χ0n) is 18.5. The molecule has 8 heteroatoms. The van der Waals surface area contributed by atoms with Crippen molar-refractivity contribution >= 4 is 22.9 Å². The highest BCUT2D eigenvalue weighted by molar-refractivity contribution is 5.91. The zero-order valence-corrected chi connectivity index (χ0v) is 18.5. The molecule has 3 aromatic heterocycles. The fourth-order valence-electron chi connectivity index (χ4n) is 4.11. The molecule has 0 spiro atoms. The lowest BCUT2D eigenvalue weighted by Gasteiger charge is -2.36. The number of piperidine rings is 1. The number of aryl methyl sites for hydroxylation is 1. The summed E-state index contributed by atoms with van der Waals surface area (Å²) in [5.74, 6) is 1.50. The van der Waals surface area contributed by atoms with Gasteiger partial charge < -0.3 is 20.5 Å². The molecule has 164 valence electrons. The molecule has 1 saturated heterocycles. The molecule has 0 aromatic carbocycles. The van der Waals surface area contributed by atoms with E-state index in [1.165, 1.54) is 0 Å². The van der Waals surface area contributed by atoms with E-state index in [0.29, 0.717) is 12.4 Å². The van der Waals surface area contributed by atoms with Gasteiger partial charge in [0.15, 0.2) is 5.82 Å². The highest BCUT2D eigenvalue weighted by atomic mass is 16.2. The Balaban J connectivity index is 1.55. The Hall–Kier alpha value is -3.16. The van der Waals surface area contributed by atoms with Gasteiger partial charge in [-0.15, -0.1) is 0 Å². The molecular weight excluding hydrogens is 390 g/mol. The smallest absolute Gasteiger partial charge is 0.317 e. The van der Waals surface area contributed by atoms with Crippen molar-refractivity contribution in [3.63, 3.8) is 0 Å². The highest BCUT2D eigenvalue weighted by Crippen LogP contribution is 2.27. The molecule has 3 aromatic rings. The van der Waals surface area contributed by atoms with Crippen LogP contribution in [0.2, 0.25) is 0 Å². The second-order valence-electron chi connectivity index (χ2n) is 8.35. The molecule has 1 aliphatic heterocycles. The fraction of sp³-hybridized carbons (Fsp3) is 0.478. The van der Waals surface area contributed by atoms with E-state index < -0.39 is 0 Å². The van der Waals surface area contributed by atoms with E-state index in [0.717, 1.165) is 60.2 Å². The van der Waals surface area contributed by atoms with Gasteiger partial charge in [-0.3, -0.25) is 0 Å². The molecule has 31 heavy (non-hydrogen) atoms. The number of nitrogens with one attached hydrogen (secondary N) is 3. The molecule has 0 unspecified atom stereocenters. The minimum atomic E-state index is 0.0203. The van der Waals surface area contributed by atoms with Crippen molar-refractivity contribution in [2.45, 2.75) is 58.5 Å². The summed E-state index contributed by atoms with van der Waals surface area (Å²) in [6.45, 7) is 7.55. The Morgan fingerprint density at radius 2 is 2.19 bits per heavy atom. The molecular formula is C23H31N7O. The summed E-state index contributed by atoms with van der Waals surface area (Å²) >= 11 is 0. The largest absolute Gasteiger partial charge is 0.368 e. The standard InChI is InChI=1S/C23H31N7O/c1-4-16-12-25-22(19-14-27-21-18(19)9-7-10-24-21)29-20(16)26-13-17-8-5-6-11-30(17)23(31)28-15(2)3/h7,9-10,12,14-15,17H,4-6,8,11,13H2,1-3H3,(H,24,27)(H,28,31)(H,25,26,29)/t17-/m1/s1. The number of pyridine rings is 1. The van der Waals surface area contributed by atoms with Crippen molar-refractivity contribution in [3.05, 3.63) is 36.3 Å². The van der Waals surface area contributed by atoms with Crippen LogP contribution in [0.3, 0.4) is 0 Å². The molecule has 0 saturated carbocycles. The second kappa shape index (κ2) is 9.32. The molecule has 0 aliphatic carbocycles. The van der Waals surface area contributed by atoms with E-state index in [2.05, 4.69) is 32.5 Å². The maximum Gasteiger partial charge on any atom is 0.317 e. The number of fused-ring (bicyclic) bond motifs is 1. The first-order chi connectivity index (χ1) is 15.1. The van der Waals surface area contributed by atoms with Crippen LogP contribution < -0.4 is 10.6 Å². The summed E-state index contributed by atoms with van der Waals surface area (Å²) < 4.78 is 0. The lowest BCUT2D eigenvalue weighted by Crippen LogP contribution is -2.52. The molecule has 0 radical (unpaired) electrons. The first-order valence-corrected chi connectivity index (χ1v) is 11.2. The number of hydrogen-bond donors (Lipinski definition) is 3. The molecule has 4 heterocycles. The van der Waals surface area contributed by atoms with Gasteiger partial charge in [0.05, 0.1) is 6.04 Å². The van der Waals surface area contributed by atoms with Gasteiger partial charge in [-0.2, -0.15) is 0 Å². The minimum Gasteiger partial charge on any atom is -0.368 e. The number of amides is 2. The van der Waals surface area contributed by atoms with Crippen LogP contribution in [0.25, 0.3) is 22.4 Å². The summed E-state index contributed by atoms with van der Waals surface area (Å²) in [6, 6.07) is 4.23. The van der Waals surface area contributed by atoms with Gasteiger partial charge >= 0.3 is 6.03 Å². The molecule has 2 amide bonds. The molecule has 1 fully saturated rings. The van der Waals surface area contributed by atoms with Gasteiger partial charge in [-0.25, -0.2) is 19.7 Å². The number of carbonyl (C=O) groups excluding carboxylic acids is 1. The normalized spacial score (nSPS) is 16.6. The number of carbonyl (C=O) groups is 1. The first-order valence-electron chi connectivity index (χ1n) is 11.2. The summed E-state index contributed by atoms with van der Waals surface area (Å²) in [7, 11) is 0. The van der Waals surface area contributed by atoms with Crippen LogP contribution in [-0.2, 0) is 6.42 Å². The van der Waals surface area contributed by atoms with Crippen LogP contribution in [-0.4, -0.2) is 56.0 Å². The van der Waals surface area contributed by atoms with Gasteiger partial charge in [-0.05, 0) is 51.7 Å². The Morgan fingerprint density at radius 3 is 3.00 bits per heavy atom. The predicted octanol–water partition coefficient (Wildman–Crippen LogP) is 3.97.